The number of imidazole rings is 1. The Morgan fingerprint density at radius 2 is 2.04 bits per heavy atom. The van der Waals surface area contributed by atoms with Crippen LogP contribution in [0.4, 0.5) is 4.39 Å². The van der Waals surface area contributed by atoms with Gasteiger partial charge in [-0.05, 0) is 37.7 Å². The normalized spacial score (nSPS) is 12.4. The molecule has 1 aliphatic heterocycles. The third-order valence-electron chi connectivity index (χ3n) is 4.04. The Bertz CT molecular complexity index is 896. The maximum absolute atomic E-state index is 13.1. The summed E-state index contributed by atoms with van der Waals surface area (Å²) in [5, 5.41) is 1.01. The van der Waals surface area contributed by atoms with Gasteiger partial charge in [0.05, 0.1) is 12.8 Å². The number of rotatable bonds is 3. The van der Waals surface area contributed by atoms with Gasteiger partial charge in [-0.1, -0.05) is 20.4 Å². The molecule has 0 spiro atoms. The number of halogens is 1. The average molecular weight is 403 g/mol. The predicted molar refractivity (Wildman–Crippen MR) is 114 cm³/mol. The minimum atomic E-state index is -0.185. The second-order valence-corrected chi connectivity index (χ2v) is 7.11. The van der Waals surface area contributed by atoms with Crippen molar-refractivity contribution in [3.8, 4) is 16.6 Å². The predicted octanol–water partition coefficient (Wildman–Crippen LogP) is 5.22. The van der Waals surface area contributed by atoms with Gasteiger partial charge >= 0.3 is 0 Å². The van der Waals surface area contributed by atoms with Crippen LogP contribution in [0.5, 0.6) is 6.01 Å². The second kappa shape index (κ2) is 10.1. The summed E-state index contributed by atoms with van der Waals surface area (Å²) in [4.78, 5) is 12.1. The molecular formula is C21H27FN4OS. The number of hydrogen-bond donors (Lipinski definition) is 0. The van der Waals surface area contributed by atoms with Gasteiger partial charge in [0.25, 0.3) is 6.01 Å². The molecule has 3 aromatic rings. The smallest absolute Gasteiger partial charge is 0.300 e. The molecule has 4 rings (SSSR count). The number of methoxy groups -OCH3 is 1. The van der Waals surface area contributed by atoms with E-state index < -0.39 is 0 Å². The Balaban J connectivity index is 0.000000216. The third kappa shape index (κ3) is 5.05. The number of hydrogen-bond acceptors (Lipinski definition) is 5. The molecular weight excluding hydrogens is 375 g/mol. The molecule has 7 heteroatoms. The van der Waals surface area contributed by atoms with Gasteiger partial charge in [-0.15, -0.1) is 11.3 Å². The number of aromatic nitrogens is 3. The van der Waals surface area contributed by atoms with Crippen LogP contribution in [-0.4, -0.2) is 33.6 Å². The third-order valence-corrected chi connectivity index (χ3v) is 5.16. The van der Waals surface area contributed by atoms with Crippen molar-refractivity contribution >= 4 is 17.5 Å². The van der Waals surface area contributed by atoms with Crippen LogP contribution < -0.4 is 4.74 Å². The largest absolute Gasteiger partial charge is 0.468 e. The van der Waals surface area contributed by atoms with Crippen LogP contribution in [0.25, 0.3) is 16.8 Å². The lowest BCUT2D eigenvalue weighted by atomic mass is 10.1. The van der Waals surface area contributed by atoms with Crippen LogP contribution in [0.1, 0.15) is 30.0 Å². The van der Waals surface area contributed by atoms with Gasteiger partial charge in [0.15, 0.2) is 0 Å². The molecule has 0 saturated heterocycles. The number of aryl methyl sites for hydroxylation is 1. The topological polar surface area (TPSA) is 43.2 Å². The minimum absolute atomic E-state index is 0.185. The second-order valence-electron chi connectivity index (χ2n) is 6.02. The van der Waals surface area contributed by atoms with Gasteiger partial charge in [-0.3, -0.25) is 9.47 Å². The molecule has 3 heterocycles. The summed E-state index contributed by atoms with van der Waals surface area (Å²) in [6.45, 7) is 11.4. The van der Waals surface area contributed by atoms with Crippen molar-refractivity contribution in [3.05, 3.63) is 59.1 Å². The summed E-state index contributed by atoms with van der Waals surface area (Å²) in [5.41, 5.74) is 3.18. The van der Waals surface area contributed by atoms with Crippen molar-refractivity contribution in [2.75, 3.05) is 14.2 Å². The van der Waals surface area contributed by atoms with Crippen molar-refractivity contribution in [1.82, 2.24) is 19.4 Å². The summed E-state index contributed by atoms with van der Waals surface area (Å²) in [7, 11) is 3.67. The highest BCUT2D eigenvalue weighted by molar-refractivity contribution is 7.15. The fourth-order valence-corrected chi connectivity index (χ4v) is 4.01. The van der Waals surface area contributed by atoms with Crippen LogP contribution in [0.2, 0.25) is 0 Å². The Hall–Kier alpha value is -2.51. The standard InChI is InChI=1S/C13H13FN2S.C6H8N2O.C2H6/c1-8-5-9(14)3-4-10(8)13-15-11-6-16(2)7-12(11)17-13;1-3-8-5-4-7-6(8)9-2;1-2/h3-5H,6-7H2,1-2H3;3-5H,1H2,2H3;1-2H3. The zero-order chi connectivity index (χ0) is 20.7. The maximum Gasteiger partial charge on any atom is 0.300 e. The van der Waals surface area contributed by atoms with E-state index in [2.05, 4.69) is 28.5 Å². The summed E-state index contributed by atoms with van der Waals surface area (Å²) >= 11 is 1.72. The van der Waals surface area contributed by atoms with Crippen LogP contribution in [0, 0.1) is 12.7 Å². The fraction of sp³-hybridized carbons (Fsp3) is 0.333. The molecule has 0 N–H and O–H groups in total. The quantitative estimate of drug-likeness (QED) is 0.602. The first-order valence-electron chi connectivity index (χ1n) is 9.15. The van der Waals surface area contributed by atoms with E-state index in [0.29, 0.717) is 6.01 Å². The highest BCUT2D eigenvalue weighted by atomic mass is 32.1. The number of fused-ring (bicyclic) bond motifs is 1. The van der Waals surface area contributed by atoms with Crippen LogP contribution >= 0.6 is 11.3 Å². The van der Waals surface area contributed by atoms with Gasteiger partial charge in [0, 0.05) is 42.1 Å². The van der Waals surface area contributed by atoms with E-state index >= 15 is 0 Å². The summed E-state index contributed by atoms with van der Waals surface area (Å²) in [6, 6.07) is 5.45. The Morgan fingerprint density at radius 3 is 2.61 bits per heavy atom. The lowest BCUT2D eigenvalue weighted by molar-refractivity contribution is 0.352. The van der Waals surface area contributed by atoms with Gasteiger partial charge in [0.1, 0.15) is 10.8 Å². The number of ether oxygens (including phenoxy) is 1. The van der Waals surface area contributed by atoms with E-state index in [9.17, 15) is 4.39 Å². The molecule has 0 saturated carbocycles. The number of nitrogens with zero attached hydrogens (tertiary/aromatic N) is 4. The van der Waals surface area contributed by atoms with Crippen molar-refractivity contribution in [2.45, 2.75) is 33.9 Å². The summed E-state index contributed by atoms with van der Waals surface area (Å²) < 4.78 is 19.6. The average Bonchev–Trinajstić information content (AvgIpc) is 3.37. The summed E-state index contributed by atoms with van der Waals surface area (Å²) in [5.74, 6) is -0.185. The molecule has 0 amide bonds. The monoisotopic (exact) mass is 402 g/mol. The van der Waals surface area contributed by atoms with E-state index in [1.54, 1.807) is 47.7 Å². The first-order valence-corrected chi connectivity index (χ1v) is 9.96. The number of benzene rings is 1. The molecule has 5 nitrogen and oxygen atoms in total. The molecule has 150 valence electrons. The van der Waals surface area contributed by atoms with Crippen molar-refractivity contribution in [1.29, 1.82) is 0 Å². The van der Waals surface area contributed by atoms with Crippen molar-refractivity contribution in [2.24, 2.45) is 0 Å². The van der Waals surface area contributed by atoms with Crippen LogP contribution in [0.3, 0.4) is 0 Å². The summed E-state index contributed by atoms with van der Waals surface area (Å²) in [6.07, 6.45) is 5.05. The first kappa shape index (κ1) is 21.8. The van der Waals surface area contributed by atoms with Crippen molar-refractivity contribution in [3.63, 3.8) is 0 Å². The lowest BCUT2D eigenvalue weighted by Crippen LogP contribution is -2.08. The molecule has 0 bridgehead atoms. The first-order chi connectivity index (χ1) is 13.5. The molecule has 28 heavy (non-hydrogen) atoms. The van der Waals surface area contributed by atoms with E-state index in [4.69, 9.17) is 4.74 Å². The molecule has 0 unspecified atom stereocenters. The molecule has 0 radical (unpaired) electrons. The van der Waals surface area contributed by atoms with Gasteiger partial charge in [-0.2, -0.15) is 0 Å². The van der Waals surface area contributed by atoms with Crippen LogP contribution in [0.15, 0.2) is 37.2 Å². The molecule has 0 fully saturated rings. The molecule has 2 aromatic heterocycles. The molecule has 1 aliphatic rings. The zero-order valence-electron chi connectivity index (χ0n) is 17.1. The van der Waals surface area contributed by atoms with E-state index in [1.165, 1.54) is 16.6 Å². The SMILES string of the molecule is C=Cn1ccnc1OC.CC.Cc1cc(F)ccc1-c1nc2c(s1)CN(C)C2. The fourth-order valence-electron chi connectivity index (χ4n) is 2.77. The van der Waals surface area contributed by atoms with E-state index in [-0.39, 0.29) is 5.82 Å². The molecule has 0 aliphatic carbocycles. The Morgan fingerprint density at radius 1 is 1.29 bits per heavy atom. The van der Waals surface area contributed by atoms with E-state index in [0.717, 1.165) is 29.2 Å². The highest BCUT2D eigenvalue weighted by Crippen LogP contribution is 2.34. The van der Waals surface area contributed by atoms with Gasteiger partial charge < -0.3 is 4.74 Å². The van der Waals surface area contributed by atoms with E-state index in [1.807, 2.05) is 26.8 Å². The zero-order valence-corrected chi connectivity index (χ0v) is 17.9. The van der Waals surface area contributed by atoms with Crippen molar-refractivity contribution < 1.29 is 9.13 Å². The van der Waals surface area contributed by atoms with Gasteiger partial charge in [0.2, 0.25) is 0 Å². The van der Waals surface area contributed by atoms with Crippen LogP contribution in [-0.2, 0) is 13.1 Å². The highest BCUT2D eigenvalue weighted by Gasteiger charge is 2.21. The van der Waals surface area contributed by atoms with Gasteiger partial charge in [-0.25, -0.2) is 14.4 Å². The Labute approximate surface area is 170 Å². The lowest BCUT2D eigenvalue weighted by Gasteiger charge is -2.05. The number of thiazole rings is 1. The molecule has 0 atom stereocenters. The maximum atomic E-state index is 13.1. The minimum Gasteiger partial charge on any atom is -0.468 e. The molecule has 1 aromatic carbocycles. The Kier molecular flexibility index (Phi) is 7.90.